The highest BCUT2D eigenvalue weighted by Gasteiger charge is 2.28. The predicted octanol–water partition coefficient (Wildman–Crippen LogP) is 0.942. The fourth-order valence-electron chi connectivity index (χ4n) is 2.08. The average molecular weight is 278 g/mol. The van der Waals surface area contributed by atoms with Crippen molar-refractivity contribution < 1.29 is 19.1 Å². The maximum absolute atomic E-state index is 12.6. The number of carbonyl (C=O) groups is 2. The molecule has 6 nitrogen and oxygen atoms in total. The summed E-state index contributed by atoms with van der Waals surface area (Å²) in [6, 6.07) is 8.39. The number of nitrogens with one attached hydrogen (secondary N) is 1. The van der Waals surface area contributed by atoms with Gasteiger partial charge in [0.2, 0.25) is 5.91 Å². The first kappa shape index (κ1) is 14.3. The summed E-state index contributed by atoms with van der Waals surface area (Å²) in [6.45, 7) is 2.10. The van der Waals surface area contributed by atoms with Gasteiger partial charge in [-0.15, -0.1) is 0 Å². The fraction of sp³-hybridized carbons (Fsp3) is 0.429. The van der Waals surface area contributed by atoms with Crippen molar-refractivity contribution >= 4 is 12.0 Å². The normalized spacial score (nSPS) is 16.4. The highest BCUT2D eigenvalue weighted by molar-refractivity contribution is 5.87. The van der Waals surface area contributed by atoms with Crippen molar-refractivity contribution in [2.75, 3.05) is 33.4 Å². The number of hydrogen-bond donors (Lipinski definition) is 1. The Morgan fingerprint density at radius 2 is 1.90 bits per heavy atom. The van der Waals surface area contributed by atoms with E-state index in [0.717, 1.165) is 5.56 Å². The van der Waals surface area contributed by atoms with Gasteiger partial charge in [-0.2, -0.15) is 0 Å². The molecule has 0 bridgehead atoms. The minimum absolute atomic E-state index is 0.148. The van der Waals surface area contributed by atoms with Crippen molar-refractivity contribution in [2.24, 2.45) is 0 Å². The number of amides is 2. The summed E-state index contributed by atoms with van der Waals surface area (Å²) in [6.07, 6.45) is -0.625. The molecule has 1 fully saturated rings. The van der Waals surface area contributed by atoms with E-state index in [2.05, 4.69) is 10.1 Å². The van der Waals surface area contributed by atoms with Gasteiger partial charge in [0.15, 0.2) is 0 Å². The Morgan fingerprint density at radius 1 is 1.25 bits per heavy atom. The Bertz CT molecular complexity index is 458. The molecule has 0 spiro atoms. The first-order valence-electron chi connectivity index (χ1n) is 6.48. The lowest BCUT2D eigenvalue weighted by Crippen LogP contribution is -2.47. The molecule has 0 aromatic heterocycles. The van der Waals surface area contributed by atoms with E-state index in [-0.39, 0.29) is 5.91 Å². The summed E-state index contributed by atoms with van der Waals surface area (Å²) in [5, 5.41) is 2.59. The Balaban J connectivity index is 2.17. The lowest BCUT2D eigenvalue weighted by Gasteiger charge is -2.30. The van der Waals surface area contributed by atoms with Gasteiger partial charge < -0.3 is 19.7 Å². The fourth-order valence-corrected chi connectivity index (χ4v) is 2.08. The van der Waals surface area contributed by atoms with Crippen LogP contribution in [-0.4, -0.2) is 50.3 Å². The number of ether oxygens (including phenoxy) is 2. The second-order valence-electron chi connectivity index (χ2n) is 4.42. The third-order valence-corrected chi connectivity index (χ3v) is 3.15. The molecule has 0 aliphatic carbocycles. The average Bonchev–Trinajstić information content (AvgIpc) is 2.53. The van der Waals surface area contributed by atoms with Crippen LogP contribution in [0.1, 0.15) is 11.6 Å². The smallest absolute Gasteiger partial charge is 0.407 e. The zero-order chi connectivity index (χ0) is 14.4. The van der Waals surface area contributed by atoms with E-state index in [1.807, 2.05) is 18.2 Å². The zero-order valence-electron chi connectivity index (χ0n) is 11.4. The van der Waals surface area contributed by atoms with Crippen LogP contribution in [0.3, 0.4) is 0 Å². The van der Waals surface area contributed by atoms with Gasteiger partial charge in [-0.25, -0.2) is 4.79 Å². The van der Waals surface area contributed by atoms with Crippen molar-refractivity contribution in [3.63, 3.8) is 0 Å². The monoisotopic (exact) mass is 278 g/mol. The van der Waals surface area contributed by atoms with Gasteiger partial charge in [-0.3, -0.25) is 4.79 Å². The second kappa shape index (κ2) is 6.91. The first-order valence-corrected chi connectivity index (χ1v) is 6.48. The Kier molecular flexibility index (Phi) is 4.95. The molecule has 2 rings (SSSR count). The molecule has 0 radical (unpaired) electrons. The number of rotatable bonds is 3. The molecule has 1 atom stereocenters. The molecule has 1 aromatic carbocycles. The molecular weight excluding hydrogens is 260 g/mol. The Hall–Kier alpha value is -2.08. The number of alkyl carbamates (subject to hydrolysis) is 1. The van der Waals surface area contributed by atoms with Gasteiger partial charge in [-0.1, -0.05) is 30.3 Å². The molecule has 6 heteroatoms. The van der Waals surface area contributed by atoms with Crippen molar-refractivity contribution in [3.05, 3.63) is 35.9 Å². The third kappa shape index (κ3) is 3.48. The van der Waals surface area contributed by atoms with Gasteiger partial charge in [0.25, 0.3) is 0 Å². The van der Waals surface area contributed by atoms with Gasteiger partial charge in [0.05, 0.1) is 20.3 Å². The number of methoxy groups -OCH3 is 1. The van der Waals surface area contributed by atoms with Crippen LogP contribution >= 0.6 is 0 Å². The summed E-state index contributed by atoms with van der Waals surface area (Å²) < 4.78 is 9.83. The van der Waals surface area contributed by atoms with Gasteiger partial charge in [-0.05, 0) is 5.56 Å². The van der Waals surface area contributed by atoms with Crippen molar-refractivity contribution in [2.45, 2.75) is 6.04 Å². The molecule has 1 N–H and O–H groups in total. The van der Waals surface area contributed by atoms with E-state index in [1.54, 1.807) is 17.0 Å². The minimum atomic E-state index is -0.734. The maximum Gasteiger partial charge on any atom is 0.407 e. The zero-order valence-corrected chi connectivity index (χ0v) is 11.4. The SMILES string of the molecule is COC(=O)N[C@@H](C(=O)N1CCOCC1)c1ccccc1. The Labute approximate surface area is 117 Å². The van der Waals surface area contributed by atoms with E-state index in [1.165, 1.54) is 7.11 Å². The highest BCUT2D eigenvalue weighted by atomic mass is 16.5. The van der Waals surface area contributed by atoms with Crippen LogP contribution in [0, 0.1) is 0 Å². The summed E-state index contributed by atoms with van der Waals surface area (Å²) in [7, 11) is 1.27. The summed E-state index contributed by atoms with van der Waals surface area (Å²) in [4.78, 5) is 25.7. The molecule has 1 aliphatic heterocycles. The van der Waals surface area contributed by atoms with Gasteiger partial charge in [0.1, 0.15) is 6.04 Å². The second-order valence-corrected chi connectivity index (χ2v) is 4.42. The first-order chi connectivity index (χ1) is 9.72. The topological polar surface area (TPSA) is 67.9 Å². The van der Waals surface area contributed by atoms with Crippen molar-refractivity contribution in [3.8, 4) is 0 Å². The van der Waals surface area contributed by atoms with Crippen LogP contribution in [0.4, 0.5) is 4.79 Å². The minimum Gasteiger partial charge on any atom is -0.453 e. The number of nitrogens with zero attached hydrogens (tertiary/aromatic N) is 1. The number of hydrogen-bond acceptors (Lipinski definition) is 4. The largest absolute Gasteiger partial charge is 0.453 e. The molecule has 20 heavy (non-hydrogen) atoms. The van der Waals surface area contributed by atoms with E-state index in [9.17, 15) is 9.59 Å². The predicted molar refractivity (Wildman–Crippen MR) is 72.1 cm³/mol. The maximum atomic E-state index is 12.6. The van der Waals surface area contributed by atoms with Crippen LogP contribution in [0.25, 0.3) is 0 Å². The van der Waals surface area contributed by atoms with Crippen LogP contribution < -0.4 is 5.32 Å². The van der Waals surface area contributed by atoms with E-state index in [4.69, 9.17) is 4.74 Å². The molecular formula is C14H18N2O4. The summed E-state index contributed by atoms with van der Waals surface area (Å²) in [5.41, 5.74) is 0.731. The molecule has 0 unspecified atom stereocenters. The van der Waals surface area contributed by atoms with Crippen molar-refractivity contribution in [1.82, 2.24) is 10.2 Å². The van der Waals surface area contributed by atoms with Gasteiger partial charge in [0, 0.05) is 13.1 Å². The number of carbonyl (C=O) groups excluding carboxylic acids is 2. The summed E-state index contributed by atoms with van der Waals surface area (Å²) in [5.74, 6) is -0.148. The standard InChI is InChI=1S/C14H18N2O4/c1-19-14(18)15-12(11-5-3-2-4-6-11)13(17)16-7-9-20-10-8-16/h2-6,12H,7-10H2,1H3,(H,15,18)/t12-/m1/s1. The van der Waals surface area contributed by atoms with Crippen LogP contribution in [0.2, 0.25) is 0 Å². The number of benzene rings is 1. The van der Waals surface area contributed by atoms with Crippen LogP contribution in [0.15, 0.2) is 30.3 Å². The highest BCUT2D eigenvalue weighted by Crippen LogP contribution is 2.17. The molecule has 1 saturated heterocycles. The molecule has 1 heterocycles. The van der Waals surface area contributed by atoms with E-state index >= 15 is 0 Å². The molecule has 0 saturated carbocycles. The van der Waals surface area contributed by atoms with Crippen molar-refractivity contribution in [1.29, 1.82) is 0 Å². The lowest BCUT2D eigenvalue weighted by atomic mass is 10.1. The third-order valence-electron chi connectivity index (χ3n) is 3.15. The molecule has 1 aliphatic rings. The number of morpholine rings is 1. The van der Waals surface area contributed by atoms with E-state index in [0.29, 0.717) is 26.3 Å². The van der Waals surface area contributed by atoms with E-state index < -0.39 is 12.1 Å². The quantitative estimate of drug-likeness (QED) is 0.893. The van der Waals surface area contributed by atoms with Crippen LogP contribution in [-0.2, 0) is 14.3 Å². The molecule has 108 valence electrons. The lowest BCUT2D eigenvalue weighted by molar-refractivity contribution is -0.137. The summed E-state index contributed by atoms with van der Waals surface area (Å²) >= 11 is 0. The van der Waals surface area contributed by atoms with Gasteiger partial charge >= 0.3 is 6.09 Å². The molecule has 2 amide bonds. The molecule has 1 aromatic rings. The Morgan fingerprint density at radius 3 is 2.50 bits per heavy atom. The van der Waals surface area contributed by atoms with Crippen LogP contribution in [0.5, 0.6) is 0 Å².